The first-order valence-electron chi connectivity index (χ1n) is 4.24. The van der Waals surface area contributed by atoms with Crippen molar-refractivity contribution < 1.29 is 4.79 Å². The van der Waals surface area contributed by atoms with Crippen molar-refractivity contribution in [2.75, 3.05) is 14.1 Å². The minimum absolute atomic E-state index is 0.272. The molecule has 1 fully saturated rings. The molecule has 0 atom stereocenters. The fourth-order valence-electron chi connectivity index (χ4n) is 1.51. The van der Waals surface area contributed by atoms with Gasteiger partial charge in [-0.05, 0) is 33.9 Å². The van der Waals surface area contributed by atoms with Gasteiger partial charge in [-0.2, -0.15) is 0 Å². The average Bonchev–Trinajstić information content (AvgIpc) is 1.95. The highest BCUT2D eigenvalue weighted by Crippen LogP contribution is 2.29. The quantitative estimate of drug-likeness (QED) is 0.571. The highest BCUT2D eigenvalue weighted by molar-refractivity contribution is 5.79. The SMILES string of the molecule is CN(C)C1(C)CCC(=O)CC1. The van der Waals surface area contributed by atoms with Crippen molar-refractivity contribution in [1.82, 2.24) is 4.90 Å². The van der Waals surface area contributed by atoms with Crippen molar-refractivity contribution in [1.29, 1.82) is 0 Å². The molecule has 1 aliphatic carbocycles. The predicted octanol–water partition coefficient (Wildman–Crippen LogP) is 1.45. The van der Waals surface area contributed by atoms with Gasteiger partial charge in [0.25, 0.3) is 0 Å². The van der Waals surface area contributed by atoms with Gasteiger partial charge in [0.2, 0.25) is 0 Å². The van der Waals surface area contributed by atoms with E-state index in [1.54, 1.807) is 0 Å². The molecule has 0 aromatic rings. The van der Waals surface area contributed by atoms with Crippen LogP contribution in [0.25, 0.3) is 0 Å². The maximum Gasteiger partial charge on any atom is 0.133 e. The number of carbonyl (C=O) groups is 1. The average molecular weight is 155 g/mol. The summed E-state index contributed by atoms with van der Waals surface area (Å²) in [7, 11) is 4.19. The van der Waals surface area contributed by atoms with Crippen LogP contribution in [0.1, 0.15) is 32.6 Å². The Morgan fingerprint density at radius 3 is 2.09 bits per heavy atom. The van der Waals surface area contributed by atoms with Gasteiger partial charge in [-0.1, -0.05) is 0 Å². The molecule has 1 aliphatic rings. The van der Waals surface area contributed by atoms with Gasteiger partial charge in [0.05, 0.1) is 0 Å². The third kappa shape index (κ3) is 1.80. The normalized spacial score (nSPS) is 24.2. The second-order valence-electron chi connectivity index (χ2n) is 3.93. The smallest absolute Gasteiger partial charge is 0.133 e. The second kappa shape index (κ2) is 2.94. The fourth-order valence-corrected chi connectivity index (χ4v) is 1.51. The van der Waals surface area contributed by atoms with Crippen molar-refractivity contribution in [2.45, 2.75) is 38.1 Å². The van der Waals surface area contributed by atoms with Crippen molar-refractivity contribution >= 4 is 5.78 Å². The Labute approximate surface area is 68.6 Å². The maximum atomic E-state index is 11.0. The molecular weight excluding hydrogens is 138 g/mol. The summed E-state index contributed by atoms with van der Waals surface area (Å²) in [4.78, 5) is 13.2. The van der Waals surface area contributed by atoms with E-state index in [1.807, 2.05) is 0 Å². The third-order valence-electron chi connectivity index (χ3n) is 2.96. The molecule has 2 nitrogen and oxygen atoms in total. The number of carbonyl (C=O) groups excluding carboxylic acids is 1. The molecule has 0 radical (unpaired) electrons. The van der Waals surface area contributed by atoms with Crippen LogP contribution in [0.3, 0.4) is 0 Å². The summed E-state index contributed by atoms with van der Waals surface area (Å²) in [6.07, 6.45) is 3.60. The molecule has 0 unspecified atom stereocenters. The fraction of sp³-hybridized carbons (Fsp3) is 0.889. The zero-order valence-corrected chi connectivity index (χ0v) is 7.68. The molecule has 0 aromatic carbocycles. The first-order chi connectivity index (χ1) is 5.04. The van der Waals surface area contributed by atoms with E-state index < -0.39 is 0 Å². The van der Waals surface area contributed by atoms with Gasteiger partial charge in [0, 0.05) is 18.4 Å². The van der Waals surface area contributed by atoms with Crippen LogP contribution >= 0.6 is 0 Å². The lowest BCUT2D eigenvalue weighted by molar-refractivity contribution is -0.122. The van der Waals surface area contributed by atoms with Crippen LogP contribution in [0.5, 0.6) is 0 Å². The predicted molar refractivity (Wildman–Crippen MR) is 45.6 cm³/mol. The molecule has 11 heavy (non-hydrogen) atoms. The van der Waals surface area contributed by atoms with Crippen LogP contribution in [-0.2, 0) is 4.79 Å². The van der Waals surface area contributed by atoms with Gasteiger partial charge < -0.3 is 4.90 Å². The molecule has 0 aromatic heterocycles. The van der Waals surface area contributed by atoms with Gasteiger partial charge in [-0.3, -0.25) is 4.79 Å². The highest BCUT2D eigenvalue weighted by atomic mass is 16.1. The van der Waals surface area contributed by atoms with E-state index in [0.29, 0.717) is 5.78 Å². The van der Waals surface area contributed by atoms with Crippen LogP contribution in [0, 0.1) is 0 Å². The zero-order valence-electron chi connectivity index (χ0n) is 7.68. The summed E-state index contributed by atoms with van der Waals surface area (Å²) < 4.78 is 0. The first kappa shape index (κ1) is 8.72. The molecular formula is C9H17NO. The van der Waals surface area contributed by atoms with Gasteiger partial charge in [0.15, 0.2) is 0 Å². The Morgan fingerprint density at radius 1 is 1.27 bits per heavy atom. The number of ketones is 1. The van der Waals surface area contributed by atoms with Crippen molar-refractivity contribution in [3.63, 3.8) is 0 Å². The summed E-state index contributed by atoms with van der Waals surface area (Å²) in [6, 6.07) is 0. The number of nitrogens with zero attached hydrogens (tertiary/aromatic N) is 1. The van der Waals surface area contributed by atoms with E-state index in [0.717, 1.165) is 25.7 Å². The van der Waals surface area contributed by atoms with E-state index in [9.17, 15) is 4.79 Å². The van der Waals surface area contributed by atoms with Crippen molar-refractivity contribution in [3.05, 3.63) is 0 Å². The van der Waals surface area contributed by atoms with Crippen LogP contribution in [0.15, 0.2) is 0 Å². The molecule has 0 heterocycles. The van der Waals surface area contributed by atoms with Crippen molar-refractivity contribution in [2.24, 2.45) is 0 Å². The Bertz CT molecular complexity index is 153. The summed E-state index contributed by atoms with van der Waals surface area (Å²) in [5, 5.41) is 0. The lowest BCUT2D eigenvalue weighted by Crippen LogP contribution is -2.44. The number of rotatable bonds is 1. The Balaban J connectivity index is 2.55. The summed E-state index contributed by atoms with van der Waals surface area (Å²) >= 11 is 0. The Hall–Kier alpha value is -0.370. The van der Waals surface area contributed by atoms with E-state index >= 15 is 0 Å². The standard InChI is InChI=1S/C9H17NO/c1-9(10(2)3)6-4-8(11)5-7-9/h4-7H2,1-3H3. The van der Waals surface area contributed by atoms with Gasteiger partial charge in [0.1, 0.15) is 5.78 Å². The van der Waals surface area contributed by atoms with Crippen LogP contribution in [0.4, 0.5) is 0 Å². The van der Waals surface area contributed by atoms with E-state index in [2.05, 4.69) is 25.9 Å². The number of Topliss-reactive ketones (excluding diaryl/α,β-unsaturated/α-hetero) is 1. The van der Waals surface area contributed by atoms with Crippen LogP contribution in [0.2, 0.25) is 0 Å². The molecule has 0 amide bonds. The second-order valence-corrected chi connectivity index (χ2v) is 3.93. The Kier molecular flexibility index (Phi) is 2.33. The van der Waals surface area contributed by atoms with Crippen molar-refractivity contribution in [3.8, 4) is 0 Å². The molecule has 64 valence electrons. The molecule has 0 N–H and O–H groups in total. The largest absolute Gasteiger partial charge is 0.304 e. The number of hydrogen-bond acceptors (Lipinski definition) is 2. The topological polar surface area (TPSA) is 20.3 Å². The molecule has 1 saturated carbocycles. The molecule has 0 aliphatic heterocycles. The van der Waals surface area contributed by atoms with E-state index in [1.165, 1.54) is 0 Å². The van der Waals surface area contributed by atoms with Gasteiger partial charge in [-0.25, -0.2) is 0 Å². The summed E-state index contributed by atoms with van der Waals surface area (Å²) in [5.74, 6) is 0.435. The summed E-state index contributed by atoms with van der Waals surface area (Å²) in [6.45, 7) is 2.24. The lowest BCUT2D eigenvalue weighted by atomic mass is 9.82. The van der Waals surface area contributed by atoms with Crippen LogP contribution in [-0.4, -0.2) is 30.3 Å². The highest BCUT2D eigenvalue weighted by Gasteiger charge is 2.31. The van der Waals surface area contributed by atoms with E-state index in [4.69, 9.17) is 0 Å². The first-order valence-corrected chi connectivity index (χ1v) is 4.24. The maximum absolute atomic E-state index is 11.0. The van der Waals surface area contributed by atoms with Crippen LogP contribution < -0.4 is 0 Å². The minimum atomic E-state index is 0.272. The summed E-state index contributed by atoms with van der Waals surface area (Å²) in [5.41, 5.74) is 0.272. The molecule has 0 saturated heterocycles. The Morgan fingerprint density at radius 2 is 1.73 bits per heavy atom. The molecule has 0 bridgehead atoms. The monoisotopic (exact) mass is 155 g/mol. The van der Waals surface area contributed by atoms with Gasteiger partial charge in [-0.15, -0.1) is 0 Å². The third-order valence-corrected chi connectivity index (χ3v) is 2.96. The minimum Gasteiger partial charge on any atom is -0.304 e. The lowest BCUT2D eigenvalue weighted by Gasteiger charge is -2.39. The zero-order chi connectivity index (χ0) is 8.48. The molecule has 2 heteroatoms. The van der Waals surface area contributed by atoms with E-state index in [-0.39, 0.29) is 5.54 Å². The van der Waals surface area contributed by atoms with Gasteiger partial charge >= 0.3 is 0 Å². The molecule has 0 spiro atoms. The molecule has 1 rings (SSSR count). The number of hydrogen-bond donors (Lipinski definition) is 0.